The number of rotatable bonds is 1. The topological polar surface area (TPSA) is 43.1 Å². The van der Waals surface area contributed by atoms with E-state index in [0.717, 1.165) is 0 Å². The molecule has 1 amide bonds. The molecule has 2 heteroatoms. The highest BCUT2D eigenvalue weighted by molar-refractivity contribution is 5.95. The molecule has 1 fully saturated rings. The Kier molecular flexibility index (Phi) is 1.41. The number of fused-ring (bicyclic) bond motifs is 7. The SMILES string of the molecule is NC(=O)C12C3c4ccccc4[C@H]1[C@@H]2c1ccccc13. The molecule has 0 radical (unpaired) electrons. The van der Waals surface area contributed by atoms with Gasteiger partial charge < -0.3 is 5.73 Å². The molecule has 19 heavy (non-hydrogen) atoms. The van der Waals surface area contributed by atoms with Gasteiger partial charge in [-0.05, 0) is 22.3 Å². The fraction of sp³-hybridized carbons (Fsp3) is 0.235. The van der Waals surface area contributed by atoms with Crippen LogP contribution in [0.2, 0.25) is 0 Å². The maximum Gasteiger partial charge on any atom is 0.225 e. The highest BCUT2D eigenvalue weighted by Crippen LogP contribution is 2.85. The number of hydrogen-bond donors (Lipinski definition) is 1. The van der Waals surface area contributed by atoms with Crippen LogP contribution in [-0.4, -0.2) is 5.91 Å². The molecule has 3 aliphatic rings. The van der Waals surface area contributed by atoms with E-state index < -0.39 is 0 Å². The Labute approximate surface area is 111 Å². The van der Waals surface area contributed by atoms with E-state index >= 15 is 0 Å². The van der Waals surface area contributed by atoms with Crippen molar-refractivity contribution in [2.75, 3.05) is 0 Å². The molecular weight excluding hydrogens is 234 g/mol. The standard InChI is InChI=1S/C17H13NO/c18-16(19)17-13-9-5-1-3-7-11(9)14(17)15(17)12-8-4-2-6-10(12)13/h1-8,13-15H,(H2,18,19)/t13?,14-,15-,17?/m0/s1. The fourth-order valence-corrected chi connectivity index (χ4v) is 4.89. The predicted molar refractivity (Wildman–Crippen MR) is 71.8 cm³/mol. The molecule has 2 atom stereocenters. The summed E-state index contributed by atoms with van der Waals surface area (Å²) in [6.07, 6.45) is 0. The van der Waals surface area contributed by atoms with Crippen LogP contribution in [0.15, 0.2) is 48.5 Å². The van der Waals surface area contributed by atoms with Crippen molar-refractivity contribution in [2.24, 2.45) is 11.1 Å². The lowest BCUT2D eigenvalue weighted by Crippen LogP contribution is -2.29. The Hall–Kier alpha value is -2.09. The normalized spacial score (nSPS) is 35.5. The number of primary amides is 1. The fourth-order valence-electron chi connectivity index (χ4n) is 4.89. The highest BCUT2D eigenvalue weighted by Gasteiger charge is 2.80. The molecule has 0 bridgehead atoms. The third-order valence-corrected chi connectivity index (χ3v) is 5.44. The van der Waals surface area contributed by atoms with Gasteiger partial charge in [-0.25, -0.2) is 0 Å². The molecule has 2 N–H and O–H groups in total. The van der Waals surface area contributed by atoms with Gasteiger partial charge in [0.25, 0.3) is 0 Å². The molecule has 2 aromatic rings. The van der Waals surface area contributed by atoms with Crippen LogP contribution in [0, 0.1) is 5.41 Å². The maximum atomic E-state index is 12.2. The van der Waals surface area contributed by atoms with Crippen molar-refractivity contribution in [3.05, 3.63) is 70.8 Å². The Balaban J connectivity index is 1.88. The van der Waals surface area contributed by atoms with Gasteiger partial charge in [-0.3, -0.25) is 4.79 Å². The van der Waals surface area contributed by atoms with Crippen LogP contribution in [0.1, 0.15) is 40.0 Å². The molecule has 0 aliphatic heterocycles. The van der Waals surface area contributed by atoms with Crippen molar-refractivity contribution in [2.45, 2.75) is 17.8 Å². The smallest absolute Gasteiger partial charge is 0.225 e. The third-order valence-electron chi connectivity index (χ3n) is 5.44. The van der Waals surface area contributed by atoms with Gasteiger partial charge in [-0.15, -0.1) is 0 Å². The van der Waals surface area contributed by atoms with Gasteiger partial charge in [-0.2, -0.15) is 0 Å². The van der Waals surface area contributed by atoms with E-state index in [1.807, 2.05) is 0 Å². The van der Waals surface area contributed by atoms with Crippen LogP contribution in [-0.2, 0) is 4.79 Å². The average molecular weight is 247 g/mol. The van der Waals surface area contributed by atoms with Gasteiger partial charge in [0.2, 0.25) is 5.91 Å². The molecular formula is C17H13NO. The molecule has 2 nitrogen and oxygen atoms in total. The molecule has 3 aliphatic carbocycles. The van der Waals surface area contributed by atoms with Crippen LogP contribution in [0.4, 0.5) is 0 Å². The zero-order valence-electron chi connectivity index (χ0n) is 10.3. The Morgan fingerprint density at radius 2 is 1.26 bits per heavy atom. The Morgan fingerprint density at radius 1 is 0.842 bits per heavy atom. The second-order valence-corrected chi connectivity index (χ2v) is 5.94. The number of nitrogens with two attached hydrogens (primary N) is 1. The zero-order chi connectivity index (χ0) is 12.8. The quantitative estimate of drug-likeness (QED) is 0.826. The van der Waals surface area contributed by atoms with Crippen molar-refractivity contribution in [1.29, 1.82) is 0 Å². The van der Waals surface area contributed by atoms with Gasteiger partial charge >= 0.3 is 0 Å². The molecule has 1 saturated carbocycles. The van der Waals surface area contributed by atoms with Gasteiger partial charge in [0.05, 0.1) is 5.41 Å². The van der Waals surface area contributed by atoms with Crippen molar-refractivity contribution < 1.29 is 4.79 Å². The number of benzene rings is 2. The summed E-state index contributed by atoms with van der Waals surface area (Å²) in [4.78, 5) is 12.2. The van der Waals surface area contributed by atoms with Crippen molar-refractivity contribution in [1.82, 2.24) is 0 Å². The summed E-state index contributed by atoms with van der Waals surface area (Å²) < 4.78 is 0. The molecule has 0 heterocycles. The van der Waals surface area contributed by atoms with Gasteiger partial charge in [0.1, 0.15) is 0 Å². The van der Waals surface area contributed by atoms with Crippen LogP contribution < -0.4 is 5.73 Å². The Morgan fingerprint density at radius 3 is 1.68 bits per heavy atom. The average Bonchev–Trinajstić information content (AvgIpc) is 2.94. The number of carbonyl (C=O) groups is 1. The van der Waals surface area contributed by atoms with E-state index in [-0.39, 0.29) is 17.2 Å². The minimum atomic E-state index is -0.354. The lowest BCUT2D eigenvalue weighted by atomic mass is 9.84. The molecule has 0 unspecified atom stereocenters. The van der Waals surface area contributed by atoms with E-state index in [2.05, 4.69) is 48.5 Å². The van der Waals surface area contributed by atoms with Gasteiger partial charge in [0, 0.05) is 17.8 Å². The molecule has 0 aromatic heterocycles. The third kappa shape index (κ3) is 0.803. The van der Waals surface area contributed by atoms with E-state index in [4.69, 9.17) is 5.73 Å². The maximum absolute atomic E-state index is 12.2. The predicted octanol–water partition coefficient (Wildman–Crippen LogP) is 2.50. The second kappa shape index (κ2) is 2.74. The summed E-state index contributed by atoms with van der Waals surface area (Å²) in [6, 6.07) is 16.9. The minimum absolute atomic E-state index is 0.125. The summed E-state index contributed by atoms with van der Waals surface area (Å²) >= 11 is 0. The first-order valence-corrected chi connectivity index (χ1v) is 6.75. The number of amides is 1. The van der Waals surface area contributed by atoms with Crippen LogP contribution in [0.3, 0.4) is 0 Å². The van der Waals surface area contributed by atoms with Crippen molar-refractivity contribution in [3.63, 3.8) is 0 Å². The number of carbonyl (C=O) groups excluding carboxylic acids is 1. The summed E-state index contributed by atoms with van der Waals surface area (Å²) in [5, 5.41) is 0. The van der Waals surface area contributed by atoms with E-state index in [1.165, 1.54) is 22.3 Å². The summed E-state index contributed by atoms with van der Waals surface area (Å²) in [7, 11) is 0. The molecule has 5 rings (SSSR count). The monoisotopic (exact) mass is 247 g/mol. The summed E-state index contributed by atoms with van der Waals surface area (Å²) in [6.45, 7) is 0. The van der Waals surface area contributed by atoms with Gasteiger partial charge in [0.15, 0.2) is 0 Å². The lowest BCUT2D eigenvalue weighted by molar-refractivity contribution is -0.123. The molecule has 0 spiro atoms. The summed E-state index contributed by atoms with van der Waals surface area (Å²) in [5.41, 5.74) is 10.8. The number of hydrogen-bond acceptors (Lipinski definition) is 1. The molecule has 2 aromatic carbocycles. The van der Waals surface area contributed by atoms with Crippen molar-refractivity contribution in [3.8, 4) is 0 Å². The second-order valence-electron chi connectivity index (χ2n) is 5.94. The first-order chi connectivity index (χ1) is 9.28. The van der Waals surface area contributed by atoms with Crippen molar-refractivity contribution >= 4 is 5.91 Å². The summed E-state index contributed by atoms with van der Waals surface area (Å²) in [5.74, 6) is 0.703. The van der Waals surface area contributed by atoms with Gasteiger partial charge in [-0.1, -0.05) is 48.5 Å². The first-order valence-electron chi connectivity index (χ1n) is 6.75. The molecule has 92 valence electrons. The molecule has 0 saturated heterocycles. The van der Waals surface area contributed by atoms with Crippen LogP contribution in [0.25, 0.3) is 0 Å². The zero-order valence-corrected chi connectivity index (χ0v) is 10.3. The van der Waals surface area contributed by atoms with E-state index in [9.17, 15) is 4.79 Å². The Bertz CT molecular complexity index is 695. The van der Waals surface area contributed by atoms with Crippen LogP contribution in [0.5, 0.6) is 0 Å². The van der Waals surface area contributed by atoms with Crippen LogP contribution >= 0.6 is 0 Å². The first kappa shape index (κ1) is 9.79. The van der Waals surface area contributed by atoms with E-state index in [1.54, 1.807) is 0 Å². The van der Waals surface area contributed by atoms with E-state index in [0.29, 0.717) is 11.8 Å². The highest BCUT2D eigenvalue weighted by atomic mass is 16.1. The lowest BCUT2D eigenvalue weighted by Gasteiger charge is -2.18. The largest absolute Gasteiger partial charge is 0.369 e. The minimum Gasteiger partial charge on any atom is -0.369 e.